The Bertz CT molecular complexity index is 354. The molecule has 1 aliphatic carbocycles. The summed E-state index contributed by atoms with van der Waals surface area (Å²) >= 11 is 0. The first kappa shape index (κ1) is 8.99. The van der Waals surface area contributed by atoms with Crippen LogP contribution in [-0.4, -0.2) is 16.4 Å². The molecule has 14 heavy (non-hydrogen) atoms. The first-order valence-electron chi connectivity index (χ1n) is 4.63. The number of hydrogen-bond acceptors (Lipinski definition) is 3. The van der Waals surface area contributed by atoms with Crippen LogP contribution in [0.3, 0.4) is 0 Å². The molecule has 0 atom stereocenters. The third-order valence-electron chi connectivity index (χ3n) is 2.48. The second-order valence-electron chi connectivity index (χ2n) is 3.98. The number of nitrogens with one attached hydrogen (secondary N) is 1. The highest BCUT2D eigenvalue weighted by molar-refractivity contribution is 5.92. The van der Waals surface area contributed by atoms with E-state index in [-0.39, 0.29) is 5.54 Å². The second kappa shape index (κ2) is 2.97. The van der Waals surface area contributed by atoms with E-state index in [4.69, 9.17) is 5.73 Å². The van der Waals surface area contributed by atoms with Crippen molar-refractivity contribution in [2.45, 2.75) is 25.3 Å². The Morgan fingerprint density at radius 3 is 2.71 bits per heavy atom. The van der Waals surface area contributed by atoms with Crippen molar-refractivity contribution >= 4 is 11.7 Å². The Labute approximate surface area is 82.5 Å². The van der Waals surface area contributed by atoms with Gasteiger partial charge in [-0.05, 0) is 31.9 Å². The predicted molar refractivity (Wildman–Crippen MR) is 54.0 cm³/mol. The lowest BCUT2D eigenvalue weighted by Gasteiger charge is -2.11. The van der Waals surface area contributed by atoms with Gasteiger partial charge in [0.25, 0.3) is 0 Å². The first-order chi connectivity index (χ1) is 6.59. The summed E-state index contributed by atoms with van der Waals surface area (Å²) in [7, 11) is 0. The average Bonchev–Trinajstić information content (AvgIpc) is 2.84. The zero-order valence-electron chi connectivity index (χ0n) is 8.08. The van der Waals surface area contributed by atoms with Crippen LogP contribution in [0.5, 0.6) is 0 Å². The maximum atomic E-state index is 10.8. The molecule has 2 rings (SSSR count). The minimum absolute atomic E-state index is 0.210. The highest BCUT2D eigenvalue weighted by Crippen LogP contribution is 2.37. The lowest BCUT2D eigenvalue weighted by molar-refractivity contribution is 0.1000. The van der Waals surface area contributed by atoms with Gasteiger partial charge in [-0.3, -0.25) is 4.79 Å². The van der Waals surface area contributed by atoms with Crippen molar-refractivity contribution in [1.82, 2.24) is 4.98 Å². The Balaban J connectivity index is 2.10. The van der Waals surface area contributed by atoms with Crippen molar-refractivity contribution in [3.63, 3.8) is 0 Å². The van der Waals surface area contributed by atoms with Crippen LogP contribution in [0.4, 0.5) is 5.82 Å². The van der Waals surface area contributed by atoms with E-state index in [0.717, 1.165) is 5.82 Å². The summed E-state index contributed by atoms with van der Waals surface area (Å²) in [6, 6.07) is 3.47. The number of primary amides is 1. The molecule has 1 aliphatic rings. The zero-order chi connectivity index (χ0) is 10.2. The minimum atomic E-state index is -0.443. The SMILES string of the molecule is CC1(Nc2ccc(C(N)=O)cn2)CC1. The normalized spacial score (nSPS) is 17.5. The van der Waals surface area contributed by atoms with Crippen molar-refractivity contribution in [3.05, 3.63) is 23.9 Å². The lowest BCUT2D eigenvalue weighted by Crippen LogP contribution is -2.17. The number of nitrogens with two attached hydrogens (primary N) is 1. The standard InChI is InChI=1S/C10H13N3O/c1-10(4-5-10)13-8-3-2-7(6-12-8)9(11)14/h2-3,6H,4-5H2,1H3,(H2,11,14)(H,12,13). The summed E-state index contributed by atoms with van der Waals surface area (Å²) < 4.78 is 0. The molecular formula is C10H13N3O. The highest BCUT2D eigenvalue weighted by atomic mass is 16.1. The molecule has 0 aromatic carbocycles. The van der Waals surface area contributed by atoms with Gasteiger partial charge >= 0.3 is 0 Å². The molecule has 3 N–H and O–H groups in total. The molecule has 4 heteroatoms. The van der Waals surface area contributed by atoms with Gasteiger partial charge in [0.15, 0.2) is 0 Å². The van der Waals surface area contributed by atoms with Gasteiger partial charge in [0.2, 0.25) is 5.91 Å². The maximum Gasteiger partial charge on any atom is 0.250 e. The van der Waals surface area contributed by atoms with E-state index in [1.54, 1.807) is 12.1 Å². The van der Waals surface area contributed by atoms with Crippen molar-refractivity contribution in [2.24, 2.45) is 5.73 Å². The van der Waals surface area contributed by atoms with E-state index in [2.05, 4.69) is 17.2 Å². The quantitative estimate of drug-likeness (QED) is 0.752. The van der Waals surface area contributed by atoms with Crippen molar-refractivity contribution in [1.29, 1.82) is 0 Å². The number of nitrogens with zero attached hydrogens (tertiary/aromatic N) is 1. The lowest BCUT2D eigenvalue weighted by atomic mass is 10.2. The fraction of sp³-hybridized carbons (Fsp3) is 0.400. The first-order valence-corrected chi connectivity index (χ1v) is 4.63. The Morgan fingerprint density at radius 1 is 1.57 bits per heavy atom. The van der Waals surface area contributed by atoms with Crippen molar-refractivity contribution in [2.75, 3.05) is 5.32 Å². The van der Waals surface area contributed by atoms with Gasteiger partial charge in [0.05, 0.1) is 5.56 Å². The molecule has 0 aliphatic heterocycles. The fourth-order valence-corrected chi connectivity index (χ4v) is 1.24. The van der Waals surface area contributed by atoms with Gasteiger partial charge in [-0.25, -0.2) is 4.98 Å². The van der Waals surface area contributed by atoms with Crippen LogP contribution in [0.2, 0.25) is 0 Å². The number of rotatable bonds is 3. The van der Waals surface area contributed by atoms with E-state index in [0.29, 0.717) is 5.56 Å². The third-order valence-corrected chi connectivity index (χ3v) is 2.48. The van der Waals surface area contributed by atoms with E-state index in [1.165, 1.54) is 19.0 Å². The van der Waals surface area contributed by atoms with Gasteiger partial charge in [0.1, 0.15) is 5.82 Å². The van der Waals surface area contributed by atoms with Gasteiger partial charge < -0.3 is 11.1 Å². The smallest absolute Gasteiger partial charge is 0.250 e. The van der Waals surface area contributed by atoms with Crippen LogP contribution in [-0.2, 0) is 0 Å². The van der Waals surface area contributed by atoms with Gasteiger partial charge in [0, 0.05) is 11.7 Å². The van der Waals surface area contributed by atoms with Gasteiger partial charge in [-0.15, -0.1) is 0 Å². The topological polar surface area (TPSA) is 68.0 Å². The minimum Gasteiger partial charge on any atom is -0.366 e. The molecular weight excluding hydrogens is 178 g/mol. The van der Waals surface area contributed by atoms with E-state index in [9.17, 15) is 4.79 Å². The molecule has 1 heterocycles. The molecule has 1 aromatic heterocycles. The molecule has 1 aromatic rings. The number of hydrogen-bond donors (Lipinski definition) is 2. The Morgan fingerprint density at radius 2 is 2.29 bits per heavy atom. The van der Waals surface area contributed by atoms with Crippen molar-refractivity contribution in [3.8, 4) is 0 Å². The summed E-state index contributed by atoms with van der Waals surface area (Å²) in [6.07, 6.45) is 3.84. The monoisotopic (exact) mass is 191 g/mol. The fourth-order valence-electron chi connectivity index (χ4n) is 1.24. The summed E-state index contributed by atoms with van der Waals surface area (Å²) in [5.41, 5.74) is 5.75. The summed E-state index contributed by atoms with van der Waals surface area (Å²) in [5.74, 6) is 0.358. The van der Waals surface area contributed by atoms with Crippen LogP contribution in [0.15, 0.2) is 18.3 Å². The highest BCUT2D eigenvalue weighted by Gasteiger charge is 2.37. The molecule has 0 spiro atoms. The molecule has 4 nitrogen and oxygen atoms in total. The van der Waals surface area contributed by atoms with Crippen LogP contribution in [0.25, 0.3) is 0 Å². The Kier molecular flexibility index (Phi) is 1.91. The Hall–Kier alpha value is -1.58. The summed E-state index contributed by atoms with van der Waals surface area (Å²) in [4.78, 5) is 14.9. The van der Waals surface area contributed by atoms with E-state index >= 15 is 0 Å². The van der Waals surface area contributed by atoms with Crippen LogP contribution >= 0.6 is 0 Å². The van der Waals surface area contributed by atoms with Gasteiger partial charge in [-0.1, -0.05) is 0 Å². The summed E-state index contributed by atoms with van der Waals surface area (Å²) in [6.45, 7) is 2.15. The molecule has 0 unspecified atom stereocenters. The number of carbonyl (C=O) groups is 1. The number of pyridine rings is 1. The molecule has 74 valence electrons. The zero-order valence-corrected chi connectivity index (χ0v) is 8.08. The third kappa shape index (κ3) is 1.84. The van der Waals surface area contributed by atoms with Crippen LogP contribution in [0.1, 0.15) is 30.1 Å². The second-order valence-corrected chi connectivity index (χ2v) is 3.98. The van der Waals surface area contributed by atoms with Gasteiger partial charge in [-0.2, -0.15) is 0 Å². The molecule has 1 saturated carbocycles. The number of carbonyl (C=O) groups excluding carboxylic acids is 1. The summed E-state index contributed by atoms with van der Waals surface area (Å²) in [5, 5.41) is 3.30. The maximum absolute atomic E-state index is 10.8. The predicted octanol–water partition coefficient (Wildman–Crippen LogP) is 1.14. The van der Waals surface area contributed by atoms with E-state index < -0.39 is 5.91 Å². The average molecular weight is 191 g/mol. The number of anilines is 1. The largest absolute Gasteiger partial charge is 0.366 e. The molecule has 0 saturated heterocycles. The number of aromatic nitrogens is 1. The van der Waals surface area contributed by atoms with Crippen LogP contribution in [0, 0.1) is 0 Å². The number of amides is 1. The van der Waals surface area contributed by atoms with Crippen molar-refractivity contribution < 1.29 is 4.79 Å². The van der Waals surface area contributed by atoms with E-state index in [1.807, 2.05) is 0 Å². The molecule has 1 fully saturated rings. The van der Waals surface area contributed by atoms with Crippen LogP contribution < -0.4 is 11.1 Å². The molecule has 1 amide bonds. The molecule has 0 bridgehead atoms. The molecule has 0 radical (unpaired) electrons.